The second kappa shape index (κ2) is 9.55. The van der Waals surface area contributed by atoms with Gasteiger partial charge in [-0.2, -0.15) is 0 Å². The van der Waals surface area contributed by atoms with Gasteiger partial charge in [0.05, 0.1) is 17.9 Å². The number of hydrogen-bond donors (Lipinski definition) is 0. The van der Waals surface area contributed by atoms with Crippen molar-refractivity contribution in [2.75, 3.05) is 24.7 Å². The average molecular weight is 485 g/mol. The Morgan fingerprint density at radius 1 is 1.00 bits per heavy atom. The quantitative estimate of drug-likeness (QED) is 0.310. The molecule has 1 aliphatic heterocycles. The average Bonchev–Trinajstić information content (AvgIpc) is 3.36. The lowest BCUT2D eigenvalue weighted by molar-refractivity contribution is -0.121. The van der Waals surface area contributed by atoms with Crippen LogP contribution >= 0.6 is 11.3 Å². The maximum Gasteiger partial charge on any atom is 0.265 e. The van der Waals surface area contributed by atoms with E-state index in [2.05, 4.69) is 45.0 Å². The fourth-order valence-corrected chi connectivity index (χ4v) is 4.87. The lowest BCUT2D eigenvalue weighted by Crippen LogP contribution is -2.41. The Balaban J connectivity index is 1.32. The van der Waals surface area contributed by atoms with Crippen LogP contribution in [0.25, 0.3) is 21.8 Å². The number of aromatic nitrogens is 1. The summed E-state index contributed by atoms with van der Waals surface area (Å²) in [6.45, 7) is 7.42. The summed E-state index contributed by atoms with van der Waals surface area (Å²) in [5.41, 5.74) is 5.02. The maximum absolute atomic E-state index is 12.7. The zero-order valence-electron chi connectivity index (χ0n) is 20.2. The van der Waals surface area contributed by atoms with Crippen LogP contribution in [0.3, 0.4) is 0 Å². The van der Waals surface area contributed by atoms with E-state index in [0.29, 0.717) is 18.9 Å². The van der Waals surface area contributed by atoms with Crippen LogP contribution in [0.2, 0.25) is 0 Å². The minimum Gasteiger partial charge on any atom is -0.492 e. The molecule has 1 amide bonds. The molecule has 5 rings (SSSR count). The number of rotatable bonds is 6. The van der Waals surface area contributed by atoms with Crippen molar-refractivity contribution in [3.05, 3.63) is 83.7 Å². The first-order valence-corrected chi connectivity index (χ1v) is 12.6. The summed E-state index contributed by atoms with van der Waals surface area (Å²) in [7, 11) is 0. The van der Waals surface area contributed by atoms with E-state index in [0.717, 1.165) is 33.3 Å². The molecule has 178 valence electrons. The van der Waals surface area contributed by atoms with Gasteiger partial charge in [0.2, 0.25) is 0 Å². The van der Waals surface area contributed by atoms with E-state index in [9.17, 15) is 4.79 Å². The molecule has 0 N–H and O–H groups in total. The van der Waals surface area contributed by atoms with Crippen LogP contribution in [-0.4, -0.2) is 30.6 Å². The van der Waals surface area contributed by atoms with Crippen molar-refractivity contribution in [2.45, 2.75) is 26.2 Å². The second-order valence-corrected chi connectivity index (χ2v) is 10.4. The Bertz CT molecular complexity index is 1320. The smallest absolute Gasteiger partial charge is 0.265 e. The third-order valence-electron chi connectivity index (χ3n) is 6.03. The van der Waals surface area contributed by atoms with Gasteiger partial charge < -0.3 is 14.4 Å². The lowest BCUT2D eigenvalue weighted by Gasteiger charge is -2.29. The van der Waals surface area contributed by atoms with Gasteiger partial charge in [-0.3, -0.25) is 4.79 Å². The van der Waals surface area contributed by atoms with E-state index in [1.807, 2.05) is 53.9 Å². The minimum absolute atomic E-state index is 0.0292. The Morgan fingerprint density at radius 3 is 2.51 bits per heavy atom. The van der Waals surface area contributed by atoms with Gasteiger partial charge in [0.25, 0.3) is 5.91 Å². The van der Waals surface area contributed by atoms with Gasteiger partial charge in [-0.25, -0.2) is 4.98 Å². The lowest BCUT2D eigenvalue weighted by atomic mass is 9.87. The molecule has 4 aromatic rings. The van der Waals surface area contributed by atoms with Crippen LogP contribution in [0, 0.1) is 0 Å². The largest absolute Gasteiger partial charge is 0.492 e. The van der Waals surface area contributed by atoms with E-state index in [1.54, 1.807) is 16.2 Å². The normalized spacial score (nSPS) is 13.3. The zero-order valence-corrected chi connectivity index (χ0v) is 21.0. The Labute approximate surface area is 210 Å². The molecule has 5 nitrogen and oxygen atoms in total. The number of nitrogens with zero attached hydrogens (tertiary/aromatic N) is 2. The van der Waals surface area contributed by atoms with Crippen molar-refractivity contribution in [2.24, 2.45) is 0 Å². The molecule has 0 unspecified atom stereocenters. The van der Waals surface area contributed by atoms with Gasteiger partial charge in [0.15, 0.2) is 6.61 Å². The number of hydrogen-bond acceptors (Lipinski definition) is 5. The second-order valence-electron chi connectivity index (χ2n) is 9.54. The molecule has 6 heteroatoms. The Kier molecular flexibility index (Phi) is 6.31. The molecule has 0 atom stereocenters. The van der Waals surface area contributed by atoms with Gasteiger partial charge in [-0.15, -0.1) is 11.3 Å². The predicted octanol–water partition coefficient (Wildman–Crippen LogP) is 6.58. The summed E-state index contributed by atoms with van der Waals surface area (Å²) in [6, 6.07) is 24.2. The summed E-state index contributed by atoms with van der Waals surface area (Å²) in [4.78, 5) is 19.3. The molecule has 0 saturated carbocycles. The van der Waals surface area contributed by atoms with Crippen molar-refractivity contribution >= 4 is 22.9 Å². The molecule has 0 fully saturated rings. The van der Waals surface area contributed by atoms with E-state index >= 15 is 0 Å². The highest BCUT2D eigenvalue weighted by molar-refractivity contribution is 7.13. The molecule has 1 aliphatic rings. The van der Waals surface area contributed by atoms with E-state index in [-0.39, 0.29) is 17.9 Å². The number of carbonyl (C=O) groups excluding carboxylic acids is 1. The zero-order chi connectivity index (χ0) is 24.4. The summed E-state index contributed by atoms with van der Waals surface area (Å²) >= 11 is 1.61. The molecule has 2 heterocycles. The van der Waals surface area contributed by atoms with Gasteiger partial charge in [0, 0.05) is 16.5 Å². The minimum atomic E-state index is -0.0791. The van der Waals surface area contributed by atoms with Gasteiger partial charge >= 0.3 is 0 Å². The summed E-state index contributed by atoms with van der Waals surface area (Å²) in [5, 5.41) is 3.01. The summed E-state index contributed by atoms with van der Waals surface area (Å²) in [6.07, 6.45) is 0. The molecule has 0 saturated heterocycles. The predicted molar refractivity (Wildman–Crippen MR) is 141 cm³/mol. The van der Waals surface area contributed by atoms with Crippen molar-refractivity contribution in [3.63, 3.8) is 0 Å². The molecule has 0 spiro atoms. The Morgan fingerprint density at radius 2 is 1.77 bits per heavy atom. The van der Waals surface area contributed by atoms with Crippen molar-refractivity contribution in [1.29, 1.82) is 0 Å². The number of amides is 1. The van der Waals surface area contributed by atoms with Crippen LogP contribution in [0.15, 0.2) is 78.2 Å². The maximum atomic E-state index is 12.7. The third-order valence-corrected chi connectivity index (χ3v) is 6.92. The Hall–Kier alpha value is -3.64. The number of thiazole rings is 1. The molecule has 35 heavy (non-hydrogen) atoms. The number of carbonyl (C=O) groups is 1. The van der Waals surface area contributed by atoms with Gasteiger partial charge in [0.1, 0.15) is 23.1 Å². The third kappa shape index (κ3) is 5.08. The molecule has 3 aromatic carbocycles. The van der Waals surface area contributed by atoms with Crippen molar-refractivity contribution in [3.8, 4) is 33.3 Å². The first-order valence-electron chi connectivity index (χ1n) is 11.7. The van der Waals surface area contributed by atoms with Gasteiger partial charge in [-0.1, -0.05) is 63.2 Å². The standard InChI is InChI=1S/C29H28N2O3S/c1-29(2,3)22-10-12-23(13-11-22)33-16-15-31-25-17-21(9-14-26(25)34-18-27(31)32)24-19-35-28(30-24)20-7-5-4-6-8-20/h4-14,17,19H,15-16,18H2,1-3H3. The highest BCUT2D eigenvalue weighted by Gasteiger charge is 2.26. The first kappa shape index (κ1) is 23.1. The number of anilines is 1. The monoisotopic (exact) mass is 484 g/mol. The van der Waals surface area contributed by atoms with Crippen LogP contribution < -0.4 is 14.4 Å². The van der Waals surface area contributed by atoms with Gasteiger partial charge in [-0.05, 0) is 41.3 Å². The van der Waals surface area contributed by atoms with Crippen LogP contribution in [-0.2, 0) is 10.2 Å². The summed E-state index contributed by atoms with van der Waals surface area (Å²) < 4.78 is 11.7. The SMILES string of the molecule is CC(C)(C)c1ccc(OCCN2C(=O)COc3ccc(-c4csc(-c5ccccc5)n4)cc32)cc1. The van der Waals surface area contributed by atoms with Crippen LogP contribution in [0.5, 0.6) is 11.5 Å². The summed E-state index contributed by atoms with van der Waals surface area (Å²) in [5.74, 6) is 1.41. The topological polar surface area (TPSA) is 51.7 Å². The van der Waals surface area contributed by atoms with Crippen LogP contribution in [0.1, 0.15) is 26.3 Å². The molecule has 0 radical (unpaired) electrons. The van der Waals surface area contributed by atoms with Crippen LogP contribution in [0.4, 0.5) is 5.69 Å². The molecule has 0 bridgehead atoms. The molecular weight excluding hydrogens is 456 g/mol. The first-order chi connectivity index (χ1) is 16.9. The fourth-order valence-electron chi connectivity index (χ4n) is 4.03. The number of benzene rings is 3. The van der Waals surface area contributed by atoms with E-state index < -0.39 is 0 Å². The highest BCUT2D eigenvalue weighted by atomic mass is 32.1. The molecule has 1 aromatic heterocycles. The van der Waals surface area contributed by atoms with Crippen molar-refractivity contribution in [1.82, 2.24) is 4.98 Å². The number of ether oxygens (including phenoxy) is 2. The fraction of sp³-hybridized carbons (Fsp3) is 0.241. The van der Waals surface area contributed by atoms with E-state index in [1.165, 1.54) is 5.56 Å². The highest BCUT2D eigenvalue weighted by Crippen LogP contribution is 2.37. The molecular formula is C29H28N2O3S. The number of fused-ring (bicyclic) bond motifs is 1. The molecule has 0 aliphatic carbocycles. The van der Waals surface area contributed by atoms with E-state index in [4.69, 9.17) is 14.5 Å². The van der Waals surface area contributed by atoms with Crippen molar-refractivity contribution < 1.29 is 14.3 Å².